The number of H-pyrrole nitrogens is 1. The monoisotopic (exact) mass is 477 g/mol. The maximum absolute atomic E-state index is 13.5. The van der Waals surface area contributed by atoms with Crippen molar-refractivity contribution in [2.45, 2.75) is 64.3 Å². The van der Waals surface area contributed by atoms with Gasteiger partial charge in [-0.2, -0.15) is 11.8 Å². The molecule has 1 unspecified atom stereocenters. The lowest BCUT2D eigenvalue weighted by Crippen LogP contribution is -3.13. The number of hydrogen-bond acceptors (Lipinski definition) is 7. The highest BCUT2D eigenvalue weighted by Gasteiger charge is 2.62. The highest BCUT2D eigenvalue weighted by Crippen LogP contribution is 2.72. The van der Waals surface area contributed by atoms with Gasteiger partial charge in [-0.1, -0.05) is 12.0 Å². The van der Waals surface area contributed by atoms with Gasteiger partial charge in [-0.25, -0.2) is 14.6 Å². The fourth-order valence-corrected chi connectivity index (χ4v) is 6.12. The summed E-state index contributed by atoms with van der Waals surface area (Å²) in [5.74, 6) is -0.0821. The Kier molecular flexibility index (Phi) is 6.77. The Morgan fingerprint density at radius 1 is 1.30 bits per heavy atom. The first-order chi connectivity index (χ1) is 15.7. The molecule has 3 saturated carbocycles. The number of quaternary nitrogens is 1. The number of rotatable bonds is 9. The van der Waals surface area contributed by atoms with Crippen molar-refractivity contribution in [3.8, 4) is 0 Å². The van der Waals surface area contributed by atoms with Crippen LogP contribution in [0.2, 0.25) is 0 Å². The molecule has 2 amide bonds. The average molecular weight is 478 g/mol. The summed E-state index contributed by atoms with van der Waals surface area (Å²) in [5, 5.41) is 20.8. The van der Waals surface area contributed by atoms with Gasteiger partial charge < -0.3 is 14.8 Å². The molecule has 2 spiro atoms. The van der Waals surface area contributed by atoms with Gasteiger partial charge in [-0.05, 0) is 62.0 Å². The molecule has 0 bridgehead atoms. The fourth-order valence-electron chi connectivity index (χ4n) is 5.72. The van der Waals surface area contributed by atoms with E-state index in [4.69, 9.17) is 4.74 Å². The molecular formula is C23H35N5O4S. The Bertz CT molecular complexity index is 875. The van der Waals surface area contributed by atoms with E-state index < -0.39 is 23.5 Å². The standard InChI is InChI=1S/C23H35N5O4S/c1-21(12-22(4-5-22)14-23(13-21)6-7-23)19(30)27-28(8-9-33-3)20(31)26-17(18(29)32-2)10-16-11-24-15-25-16/h11,15,17H,4-10,12-14H2,1-3H3,(H,24,25)(H,26,31)(H,27,30)/t17-/m0/s1. The van der Waals surface area contributed by atoms with Crippen LogP contribution in [0.1, 0.15) is 57.6 Å². The van der Waals surface area contributed by atoms with Gasteiger partial charge in [-0.15, -0.1) is 5.01 Å². The molecule has 2 atom stereocenters. The Morgan fingerprint density at radius 2 is 1.97 bits per heavy atom. The van der Waals surface area contributed by atoms with Crippen LogP contribution in [0.3, 0.4) is 0 Å². The molecule has 3 fully saturated rings. The molecule has 0 aliphatic heterocycles. The van der Waals surface area contributed by atoms with Crippen molar-refractivity contribution < 1.29 is 24.4 Å². The van der Waals surface area contributed by atoms with Crippen molar-refractivity contribution >= 4 is 29.7 Å². The topological polar surface area (TPSA) is 124 Å². The average Bonchev–Trinajstić information content (AvgIpc) is 3.64. The maximum atomic E-state index is 13.5. The van der Waals surface area contributed by atoms with Crippen molar-refractivity contribution in [2.24, 2.45) is 21.3 Å². The summed E-state index contributed by atoms with van der Waals surface area (Å²) in [7, 11) is 1.28. The molecule has 0 aromatic carbocycles. The molecule has 1 heterocycles. The molecule has 3 aliphatic carbocycles. The van der Waals surface area contributed by atoms with Crippen LogP contribution in [0.25, 0.3) is 0 Å². The van der Waals surface area contributed by atoms with Crippen molar-refractivity contribution in [1.29, 1.82) is 0 Å². The van der Waals surface area contributed by atoms with Crippen molar-refractivity contribution in [1.82, 2.24) is 15.3 Å². The normalized spacial score (nSPS) is 26.6. The van der Waals surface area contributed by atoms with Gasteiger partial charge in [0.25, 0.3) is 0 Å². The van der Waals surface area contributed by atoms with E-state index in [1.54, 1.807) is 18.0 Å². The minimum absolute atomic E-state index is 0.186. The number of aromatic nitrogens is 2. The second-order valence-corrected chi connectivity index (χ2v) is 11.5. The zero-order valence-electron chi connectivity index (χ0n) is 19.7. The number of methoxy groups -OCH3 is 1. The number of nitrogens with one attached hydrogen (secondary N) is 3. The van der Waals surface area contributed by atoms with Crippen LogP contribution in [0.5, 0.6) is 0 Å². The van der Waals surface area contributed by atoms with Crippen LogP contribution in [-0.4, -0.2) is 59.6 Å². The molecule has 1 aromatic heterocycles. The minimum Gasteiger partial charge on any atom is -0.858 e. The Labute approximate surface area is 199 Å². The van der Waals surface area contributed by atoms with Gasteiger partial charge in [0, 0.05) is 35.4 Å². The zero-order valence-corrected chi connectivity index (χ0v) is 20.6. The Hall–Kier alpha value is -2.07. The van der Waals surface area contributed by atoms with Gasteiger partial charge in [0.05, 0.1) is 13.4 Å². The Morgan fingerprint density at radius 3 is 2.48 bits per heavy atom. The van der Waals surface area contributed by atoms with Crippen molar-refractivity contribution in [3.05, 3.63) is 18.2 Å². The van der Waals surface area contributed by atoms with E-state index in [1.165, 1.54) is 45.5 Å². The van der Waals surface area contributed by atoms with Crippen LogP contribution in [-0.2, 0) is 16.0 Å². The summed E-state index contributed by atoms with van der Waals surface area (Å²) in [4.78, 5) is 32.4. The molecule has 1 aromatic rings. The van der Waals surface area contributed by atoms with Crippen LogP contribution < -0.4 is 15.4 Å². The quantitative estimate of drug-likeness (QED) is 0.210. The molecule has 0 radical (unpaired) electrons. The first-order valence-electron chi connectivity index (χ1n) is 11.7. The highest BCUT2D eigenvalue weighted by molar-refractivity contribution is 7.98. The molecule has 3 aliphatic rings. The predicted octanol–water partition coefficient (Wildman–Crippen LogP) is 0.876. The van der Waals surface area contributed by atoms with Crippen molar-refractivity contribution in [2.75, 3.05) is 25.7 Å². The van der Waals surface area contributed by atoms with Gasteiger partial charge in [-0.3, -0.25) is 5.32 Å². The van der Waals surface area contributed by atoms with Gasteiger partial charge in [0.1, 0.15) is 12.6 Å². The summed E-state index contributed by atoms with van der Waals surface area (Å²) in [6.45, 7) is 2.40. The van der Waals surface area contributed by atoms with E-state index in [2.05, 4.69) is 20.4 Å². The largest absolute Gasteiger partial charge is 0.858 e. The fraction of sp³-hybridized carbons (Fsp3) is 0.739. The number of amides is 2. The number of aromatic amines is 1. The molecule has 182 valence electrons. The highest BCUT2D eigenvalue weighted by atomic mass is 32.2. The van der Waals surface area contributed by atoms with Gasteiger partial charge in [0.15, 0.2) is 0 Å². The SMILES string of the molecule is COC(=O)[C@H](Cc1cnc[nH]1)NC(=O)[NH+](CCSC)N=C([O-])C1(C)CC2(CC2)CC2(CC2)C1. The van der Waals surface area contributed by atoms with Crippen LogP contribution in [0.4, 0.5) is 4.79 Å². The second-order valence-electron chi connectivity index (χ2n) is 10.5. The summed E-state index contributed by atoms with van der Waals surface area (Å²) in [6.07, 6.45) is 13.1. The summed E-state index contributed by atoms with van der Waals surface area (Å²) in [5.41, 5.74) is 0.810. The number of ether oxygens (including phenoxy) is 1. The smallest absolute Gasteiger partial charge is 0.442 e. The number of imidazole rings is 1. The first-order valence-corrected chi connectivity index (χ1v) is 13.1. The van der Waals surface area contributed by atoms with E-state index >= 15 is 0 Å². The van der Waals surface area contributed by atoms with E-state index in [1.807, 2.05) is 13.2 Å². The number of thioether (sulfide) groups is 1. The predicted molar refractivity (Wildman–Crippen MR) is 124 cm³/mol. The first kappa shape index (κ1) is 24.1. The zero-order chi connectivity index (χ0) is 23.7. The maximum Gasteiger partial charge on any atom is 0.442 e. The summed E-state index contributed by atoms with van der Waals surface area (Å²) < 4.78 is 4.88. The number of carbonyl (C=O) groups is 2. The van der Waals surface area contributed by atoms with E-state index in [9.17, 15) is 14.7 Å². The minimum atomic E-state index is -0.896. The number of hydrogen-bond donors (Lipinski definition) is 3. The molecular weight excluding hydrogens is 442 g/mol. The summed E-state index contributed by atoms with van der Waals surface area (Å²) in [6, 6.07) is -1.39. The number of esters is 1. The van der Waals surface area contributed by atoms with Gasteiger partial charge in [0.2, 0.25) is 0 Å². The third-order valence-corrected chi connectivity index (χ3v) is 8.13. The second kappa shape index (κ2) is 9.29. The third kappa shape index (κ3) is 5.54. The van der Waals surface area contributed by atoms with E-state index in [-0.39, 0.29) is 17.3 Å². The van der Waals surface area contributed by atoms with Gasteiger partial charge >= 0.3 is 12.0 Å². The van der Waals surface area contributed by atoms with E-state index in [0.717, 1.165) is 12.8 Å². The van der Waals surface area contributed by atoms with E-state index in [0.29, 0.717) is 28.8 Å². The molecule has 10 heteroatoms. The molecule has 33 heavy (non-hydrogen) atoms. The van der Waals surface area contributed by atoms with Crippen LogP contribution in [0, 0.1) is 16.2 Å². The molecule has 4 rings (SSSR count). The number of nitrogens with zero attached hydrogens (tertiary/aromatic N) is 2. The number of urea groups is 1. The molecule has 0 saturated heterocycles. The van der Waals surface area contributed by atoms with Crippen LogP contribution in [0.15, 0.2) is 17.6 Å². The summed E-state index contributed by atoms with van der Waals surface area (Å²) >= 11 is 1.59. The van der Waals surface area contributed by atoms with Crippen molar-refractivity contribution in [3.63, 3.8) is 0 Å². The lowest BCUT2D eigenvalue weighted by molar-refractivity contribution is -0.822. The van der Waals surface area contributed by atoms with Crippen LogP contribution >= 0.6 is 11.8 Å². The third-order valence-electron chi connectivity index (χ3n) is 7.52. The lowest BCUT2D eigenvalue weighted by Gasteiger charge is -2.45. The lowest BCUT2D eigenvalue weighted by atomic mass is 9.63. The number of carbonyl (C=O) groups excluding carboxylic acids is 2. The molecule has 9 nitrogen and oxygen atoms in total. The Balaban J connectivity index is 1.50. The molecule has 3 N–H and O–H groups in total.